The highest BCUT2D eigenvalue weighted by atomic mass is 32.1. The van der Waals surface area contributed by atoms with E-state index in [0.29, 0.717) is 28.6 Å². The van der Waals surface area contributed by atoms with Gasteiger partial charge in [0.25, 0.3) is 0 Å². The lowest BCUT2D eigenvalue weighted by Crippen LogP contribution is -2.44. The van der Waals surface area contributed by atoms with Crippen LogP contribution in [0.2, 0.25) is 0 Å². The molecule has 0 aliphatic heterocycles. The normalized spacial score (nSPS) is 21.0. The molecule has 0 bridgehead atoms. The van der Waals surface area contributed by atoms with Crippen LogP contribution in [0.5, 0.6) is 11.5 Å². The van der Waals surface area contributed by atoms with Crippen LogP contribution in [0.4, 0.5) is 0 Å². The van der Waals surface area contributed by atoms with Gasteiger partial charge < -0.3 is 14.8 Å². The molecule has 1 aromatic rings. The maximum Gasteiger partial charge on any atom is 0.187 e. The third kappa shape index (κ3) is 4.82. The number of methoxy groups -OCH3 is 2. The van der Waals surface area contributed by atoms with Gasteiger partial charge >= 0.3 is 0 Å². The van der Waals surface area contributed by atoms with Crippen molar-refractivity contribution in [2.24, 2.45) is 11.0 Å². The molecule has 23 heavy (non-hydrogen) atoms. The number of nitrogens with zero attached hydrogens (tertiary/aromatic N) is 1. The number of ether oxygens (including phenoxy) is 2. The van der Waals surface area contributed by atoms with Crippen LogP contribution in [-0.4, -0.2) is 31.6 Å². The lowest BCUT2D eigenvalue weighted by atomic mass is 9.86. The fourth-order valence-electron chi connectivity index (χ4n) is 2.91. The lowest BCUT2D eigenvalue weighted by molar-refractivity contribution is 0.308. The zero-order valence-corrected chi connectivity index (χ0v) is 14.8. The summed E-state index contributed by atoms with van der Waals surface area (Å²) in [6.45, 7) is 2.27. The minimum Gasteiger partial charge on any atom is -0.493 e. The van der Waals surface area contributed by atoms with Gasteiger partial charge in [0.15, 0.2) is 16.6 Å². The first-order valence-electron chi connectivity index (χ1n) is 7.96. The van der Waals surface area contributed by atoms with E-state index in [2.05, 4.69) is 22.8 Å². The first-order valence-corrected chi connectivity index (χ1v) is 8.37. The number of hydrogen-bond donors (Lipinski definition) is 2. The quantitative estimate of drug-likeness (QED) is 0.492. The van der Waals surface area contributed by atoms with E-state index in [-0.39, 0.29) is 0 Å². The van der Waals surface area contributed by atoms with Crippen molar-refractivity contribution in [3.63, 3.8) is 0 Å². The summed E-state index contributed by atoms with van der Waals surface area (Å²) < 4.78 is 10.6. The Hall–Kier alpha value is -1.82. The van der Waals surface area contributed by atoms with E-state index in [1.54, 1.807) is 20.4 Å². The predicted octanol–water partition coefficient (Wildman–Crippen LogP) is 3.08. The van der Waals surface area contributed by atoms with Gasteiger partial charge in [0.1, 0.15) is 0 Å². The van der Waals surface area contributed by atoms with Crippen molar-refractivity contribution in [2.75, 3.05) is 14.2 Å². The molecule has 2 atom stereocenters. The van der Waals surface area contributed by atoms with E-state index in [0.717, 1.165) is 12.0 Å². The molecule has 0 saturated heterocycles. The van der Waals surface area contributed by atoms with Gasteiger partial charge in [0, 0.05) is 11.6 Å². The maximum atomic E-state index is 5.37. The average molecular weight is 335 g/mol. The Bertz CT molecular complexity index is 563. The molecule has 1 fully saturated rings. The number of thiocarbonyl (C=S) groups is 1. The molecule has 1 aliphatic rings. The van der Waals surface area contributed by atoms with Gasteiger partial charge in [0.05, 0.1) is 20.4 Å². The molecular weight excluding hydrogens is 310 g/mol. The van der Waals surface area contributed by atoms with Gasteiger partial charge in [-0.15, -0.1) is 0 Å². The number of rotatable bonds is 5. The fraction of sp³-hybridized carbons (Fsp3) is 0.529. The third-order valence-electron chi connectivity index (χ3n) is 4.23. The van der Waals surface area contributed by atoms with Crippen LogP contribution in [0.25, 0.3) is 0 Å². The highest BCUT2D eigenvalue weighted by Crippen LogP contribution is 2.29. The van der Waals surface area contributed by atoms with Crippen LogP contribution in [0.3, 0.4) is 0 Å². The van der Waals surface area contributed by atoms with Gasteiger partial charge in [-0.25, -0.2) is 0 Å². The topological polar surface area (TPSA) is 54.9 Å². The summed E-state index contributed by atoms with van der Waals surface area (Å²) in [5.74, 6) is 1.97. The van der Waals surface area contributed by atoms with Gasteiger partial charge in [-0.05, 0) is 43.1 Å². The van der Waals surface area contributed by atoms with Crippen molar-refractivity contribution in [3.8, 4) is 11.5 Å². The van der Waals surface area contributed by atoms with Gasteiger partial charge in [-0.3, -0.25) is 5.43 Å². The molecule has 2 N–H and O–H groups in total. The summed E-state index contributed by atoms with van der Waals surface area (Å²) in [5.41, 5.74) is 3.71. The Morgan fingerprint density at radius 1 is 1.26 bits per heavy atom. The average Bonchev–Trinajstić information content (AvgIpc) is 2.56. The van der Waals surface area contributed by atoms with Crippen molar-refractivity contribution in [3.05, 3.63) is 23.8 Å². The Balaban J connectivity index is 1.92. The standard InChI is InChI=1S/C17H25N3O2S/c1-12-7-4-5-9-14(12)19-17(23)20-18-11-13-8-6-10-15(21-2)16(13)22-3/h6,8,10-12,14H,4-5,7,9H2,1-3H3,(H2,19,20,23)/b18-11-/t12-,14+/m1/s1. The largest absolute Gasteiger partial charge is 0.493 e. The van der Waals surface area contributed by atoms with Gasteiger partial charge in [-0.2, -0.15) is 5.10 Å². The number of hydrazone groups is 1. The molecule has 0 aromatic heterocycles. The lowest BCUT2D eigenvalue weighted by Gasteiger charge is -2.30. The zero-order chi connectivity index (χ0) is 16.7. The number of hydrogen-bond acceptors (Lipinski definition) is 4. The molecule has 6 heteroatoms. The maximum absolute atomic E-state index is 5.37. The third-order valence-corrected chi connectivity index (χ3v) is 4.44. The molecule has 1 aliphatic carbocycles. The molecule has 0 unspecified atom stereocenters. The highest BCUT2D eigenvalue weighted by molar-refractivity contribution is 7.80. The van der Waals surface area contributed by atoms with Crippen LogP contribution in [0, 0.1) is 5.92 Å². The second-order valence-corrected chi connectivity index (χ2v) is 6.20. The molecule has 0 amide bonds. The van der Waals surface area contributed by atoms with E-state index >= 15 is 0 Å². The van der Waals surface area contributed by atoms with Gasteiger partial charge in [0.2, 0.25) is 0 Å². The van der Waals surface area contributed by atoms with Crippen LogP contribution in [0.15, 0.2) is 23.3 Å². The van der Waals surface area contributed by atoms with E-state index < -0.39 is 0 Å². The Morgan fingerprint density at radius 3 is 2.74 bits per heavy atom. The SMILES string of the molecule is COc1cccc(/C=N\NC(=S)N[C@H]2CCCC[C@H]2C)c1OC. The summed E-state index contributed by atoms with van der Waals surface area (Å²) in [4.78, 5) is 0. The molecule has 5 nitrogen and oxygen atoms in total. The Labute approximate surface area is 143 Å². The zero-order valence-electron chi connectivity index (χ0n) is 14.0. The van der Waals surface area contributed by atoms with Crippen molar-refractivity contribution < 1.29 is 9.47 Å². The van der Waals surface area contributed by atoms with Crippen LogP contribution in [-0.2, 0) is 0 Å². The minimum absolute atomic E-state index is 0.435. The van der Waals surface area contributed by atoms with E-state index in [9.17, 15) is 0 Å². The number of benzene rings is 1. The van der Waals surface area contributed by atoms with Crippen molar-refractivity contribution in [1.29, 1.82) is 0 Å². The fourth-order valence-corrected chi connectivity index (χ4v) is 3.11. The monoisotopic (exact) mass is 335 g/mol. The molecule has 0 radical (unpaired) electrons. The molecule has 1 saturated carbocycles. The van der Waals surface area contributed by atoms with Crippen LogP contribution >= 0.6 is 12.2 Å². The second-order valence-electron chi connectivity index (χ2n) is 5.79. The Kier molecular flexibility index (Phi) is 6.65. The highest BCUT2D eigenvalue weighted by Gasteiger charge is 2.21. The van der Waals surface area contributed by atoms with E-state index in [4.69, 9.17) is 21.7 Å². The smallest absolute Gasteiger partial charge is 0.187 e. The summed E-state index contributed by atoms with van der Waals surface area (Å²) in [6, 6.07) is 6.08. The summed E-state index contributed by atoms with van der Waals surface area (Å²) in [7, 11) is 3.22. The van der Waals surface area contributed by atoms with Gasteiger partial charge in [-0.1, -0.05) is 25.8 Å². The molecular formula is C17H25N3O2S. The molecule has 1 aromatic carbocycles. The summed E-state index contributed by atoms with van der Waals surface area (Å²) in [6.07, 6.45) is 6.67. The van der Waals surface area contributed by atoms with Crippen molar-refractivity contribution in [2.45, 2.75) is 38.6 Å². The van der Waals surface area contributed by atoms with Crippen molar-refractivity contribution in [1.82, 2.24) is 10.7 Å². The number of para-hydroxylation sites is 1. The van der Waals surface area contributed by atoms with E-state index in [1.807, 2.05) is 18.2 Å². The molecule has 2 rings (SSSR count). The predicted molar refractivity (Wildman–Crippen MR) is 97.4 cm³/mol. The molecule has 126 valence electrons. The van der Waals surface area contributed by atoms with Crippen LogP contribution in [0.1, 0.15) is 38.2 Å². The second kappa shape index (κ2) is 8.72. The van der Waals surface area contributed by atoms with E-state index in [1.165, 1.54) is 19.3 Å². The van der Waals surface area contributed by atoms with Crippen molar-refractivity contribution >= 4 is 23.5 Å². The number of nitrogens with one attached hydrogen (secondary N) is 2. The first-order chi connectivity index (χ1) is 11.2. The minimum atomic E-state index is 0.435. The van der Waals surface area contributed by atoms with Crippen LogP contribution < -0.4 is 20.2 Å². The Morgan fingerprint density at radius 2 is 2.04 bits per heavy atom. The summed E-state index contributed by atoms with van der Waals surface area (Å²) >= 11 is 5.32. The summed E-state index contributed by atoms with van der Waals surface area (Å²) in [5, 5.41) is 8.12. The molecule has 0 spiro atoms. The molecule has 0 heterocycles. The first kappa shape index (κ1) is 17.5.